The molecule has 2 amide bonds. The minimum Gasteiger partial charge on any atom is -0.454 e. The van der Waals surface area contributed by atoms with Crippen LogP contribution in [0.1, 0.15) is 48.8 Å². The van der Waals surface area contributed by atoms with Crippen molar-refractivity contribution >= 4 is 23.5 Å². The minimum absolute atomic E-state index is 0.136. The molecule has 0 spiro atoms. The molecule has 29 heavy (non-hydrogen) atoms. The molecule has 1 saturated heterocycles. The predicted molar refractivity (Wildman–Crippen MR) is 101 cm³/mol. The summed E-state index contributed by atoms with van der Waals surface area (Å²) < 4.78 is 7.14. The molecule has 0 N–H and O–H groups in total. The summed E-state index contributed by atoms with van der Waals surface area (Å²) in [5.41, 5.74) is -0.676. The fourth-order valence-electron chi connectivity index (χ4n) is 3.94. The van der Waals surface area contributed by atoms with E-state index in [2.05, 4.69) is 22.4 Å². The lowest BCUT2D eigenvalue weighted by Crippen LogP contribution is -2.67. The largest absolute Gasteiger partial charge is 0.454 e. The zero-order chi connectivity index (χ0) is 20.6. The van der Waals surface area contributed by atoms with Gasteiger partial charge in [-0.1, -0.05) is 25.5 Å². The summed E-state index contributed by atoms with van der Waals surface area (Å²) in [4.78, 5) is 41.6. The van der Waals surface area contributed by atoms with Crippen molar-refractivity contribution in [1.82, 2.24) is 25.1 Å². The van der Waals surface area contributed by atoms with Gasteiger partial charge in [0.2, 0.25) is 11.6 Å². The molecule has 4 rings (SSSR count). The average Bonchev–Trinajstić information content (AvgIpc) is 3.33. The fourth-order valence-corrected chi connectivity index (χ4v) is 3.94. The summed E-state index contributed by atoms with van der Waals surface area (Å²) in [6.45, 7) is 2.55. The predicted octanol–water partition coefficient (Wildman–Crippen LogP) is 1.13. The van der Waals surface area contributed by atoms with E-state index in [0.29, 0.717) is 23.6 Å². The Morgan fingerprint density at radius 1 is 1.28 bits per heavy atom. The number of benzene rings is 1. The number of unbranched alkanes of at least 4 members (excludes halogenated alkanes) is 1. The summed E-state index contributed by atoms with van der Waals surface area (Å²) in [6.07, 6.45) is 2.19. The van der Waals surface area contributed by atoms with E-state index >= 15 is 0 Å². The quantitative estimate of drug-likeness (QED) is 0.671. The first-order valence-corrected chi connectivity index (χ1v) is 9.63. The number of fused-ring (bicyclic) bond motifs is 3. The number of carbonyl (C=O) groups is 3. The van der Waals surface area contributed by atoms with E-state index in [1.807, 2.05) is 0 Å². The van der Waals surface area contributed by atoms with E-state index in [4.69, 9.17) is 4.74 Å². The van der Waals surface area contributed by atoms with Gasteiger partial charge in [-0.3, -0.25) is 14.5 Å². The minimum atomic E-state index is -1.50. The summed E-state index contributed by atoms with van der Waals surface area (Å²) in [6, 6.07) is 6.79. The van der Waals surface area contributed by atoms with Crippen LogP contribution in [0.15, 0.2) is 24.3 Å². The molecule has 2 aromatic rings. The molecule has 152 valence electrons. The maximum Gasteiger partial charge on any atom is 0.354 e. The van der Waals surface area contributed by atoms with Crippen molar-refractivity contribution in [3.8, 4) is 0 Å². The van der Waals surface area contributed by atoms with Gasteiger partial charge in [-0.15, -0.1) is 5.10 Å². The number of likely N-dealkylation sites (N-methyl/N-ethyl adjacent to an activating group) is 1. The van der Waals surface area contributed by atoms with E-state index in [1.54, 1.807) is 28.9 Å². The second-order valence-corrected chi connectivity index (χ2v) is 7.18. The molecule has 1 aromatic carbocycles. The highest BCUT2D eigenvalue weighted by molar-refractivity contribution is 6.15. The molecule has 0 unspecified atom stereocenters. The molecule has 3 heterocycles. The number of aryl methyl sites for hydroxylation is 1. The number of para-hydroxylation sites is 1. The van der Waals surface area contributed by atoms with Crippen molar-refractivity contribution in [2.75, 3.05) is 11.9 Å². The van der Waals surface area contributed by atoms with Crippen LogP contribution in [0.25, 0.3) is 0 Å². The number of hydrogen-bond donors (Lipinski definition) is 0. The van der Waals surface area contributed by atoms with Crippen molar-refractivity contribution in [1.29, 1.82) is 0 Å². The third-order valence-corrected chi connectivity index (χ3v) is 5.53. The third-order valence-electron chi connectivity index (χ3n) is 5.53. The number of hydrogen-bond acceptors (Lipinski definition) is 7. The summed E-state index contributed by atoms with van der Waals surface area (Å²) in [7, 11) is 1.52. The number of tetrazole rings is 1. The zero-order valence-corrected chi connectivity index (χ0v) is 16.4. The highest BCUT2D eigenvalue weighted by Gasteiger charge is 2.60. The highest BCUT2D eigenvalue weighted by Crippen LogP contribution is 2.44. The molecule has 1 aromatic heterocycles. The van der Waals surface area contributed by atoms with Crippen molar-refractivity contribution < 1.29 is 19.1 Å². The van der Waals surface area contributed by atoms with E-state index < -0.39 is 11.6 Å². The lowest BCUT2D eigenvalue weighted by Gasteiger charge is -2.46. The van der Waals surface area contributed by atoms with Gasteiger partial charge in [-0.2, -0.15) is 0 Å². The number of carbonyl (C=O) groups excluding carboxylic acids is 3. The Hall–Kier alpha value is -3.30. The molecule has 2 aliphatic heterocycles. The average molecular weight is 398 g/mol. The first-order chi connectivity index (χ1) is 14.0. The van der Waals surface area contributed by atoms with Crippen molar-refractivity contribution in [2.45, 2.75) is 51.4 Å². The van der Waals surface area contributed by atoms with E-state index in [1.165, 1.54) is 16.8 Å². The number of esters is 1. The molecule has 0 aliphatic carbocycles. The topological polar surface area (TPSA) is 111 Å². The maximum atomic E-state index is 13.2. The van der Waals surface area contributed by atoms with Gasteiger partial charge in [0.15, 0.2) is 12.4 Å². The van der Waals surface area contributed by atoms with Gasteiger partial charge in [-0.25, -0.2) is 9.48 Å². The molecule has 1 atom stereocenters. The third kappa shape index (κ3) is 2.86. The van der Waals surface area contributed by atoms with Gasteiger partial charge in [0.05, 0.1) is 11.3 Å². The Balaban J connectivity index is 1.63. The summed E-state index contributed by atoms with van der Waals surface area (Å²) in [5, 5.41) is 11.5. The Morgan fingerprint density at radius 3 is 2.86 bits per heavy atom. The van der Waals surface area contributed by atoms with Crippen LogP contribution in [0.4, 0.5) is 5.69 Å². The maximum absolute atomic E-state index is 13.2. The van der Waals surface area contributed by atoms with Crippen LogP contribution >= 0.6 is 0 Å². The SMILES string of the molecule is CCCCn1nnnc1COC(=O)[C@@]12CCC(=O)N1c1ccccc1C(=O)N2C. The van der Waals surface area contributed by atoms with Crippen LogP contribution < -0.4 is 4.90 Å². The molecular formula is C19H22N6O4. The molecular weight excluding hydrogens is 376 g/mol. The van der Waals surface area contributed by atoms with Crippen LogP contribution in [0.2, 0.25) is 0 Å². The number of anilines is 1. The molecule has 2 aliphatic rings. The van der Waals surface area contributed by atoms with Crippen LogP contribution in [0.5, 0.6) is 0 Å². The normalized spacial score (nSPS) is 20.6. The number of rotatable bonds is 6. The molecule has 10 nitrogen and oxygen atoms in total. The lowest BCUT2D eigenvalue weighted by atomic mass is 9.97. The molecule has 10 heteroatoms. The van der Waals surface area contributed by atoms with Gasteiger partial charge in [-0.05, 0) is 29.0 Å². The summed E-state index contributed by atoms with van der Waals surface area (Å²) in [5.74, 6) is -0.791. The van der Waals surface area contributed by atoms with Crippen LogP contribution in [-0.4, -0.2) is 55.6 Å². The second-order valence-electron chi connectivity index (χ2n) is 7.18. The zero-order valence-electron chi connectivity index (χ0n) is 16.4. The van der Waals surface area contributed by atoms with Crippen LogP contribution in [0, 0.1) is 0 Å². The Bertz CT molecular complexity index is 973. The smallest absolute Gasteiger partial charge is 0.354 e. The van der Waals surface area contributed by atoms with Gasteiger partial charge in [0.1, 0.15) is 0 Å². The summed E-state index contributed by atoms with van der Waals surface area (Å²) >= 11 is 0. The van der Waals surface area contributed by atoms with Crippen LogP contribution in [-0.2, 0) is 27.5 Å². The van der Waals surface area contributed by atoms with E-state index in [0.717, 1.165) is 12.8 Å². The van der Waals surface area contributed by atoms with Crippen molar-refractivity contribution in [2.24, 2.45) is 0 Å². The number of amides is 2. The van der Waals surface area contributed by atoms with Gasteiger partial charge < -0.3 is 9.64 Å². The molecule has 1 fully saturated rings. The molecule has 0 bridgehead atoms. The molecule has 0 saturated carbocycles. The van der Waals surface area contributed by atoms with Crippen molar-refractivity contribution in [3.05, 3.63) is 35.7 Å². The van der Waals surface area contributed by atoms with Crippen LogP contribution in [0.3, 0.4) is 0 Å². The number of ether oxygens (including phenoxy) is 1. The van der Waals surface area contributed by atoms with E-state index in [9.17, 15) is 14.4 Å². The number of nitrogens with zero attached hydrogens (tertiary/aromatic N) is 6. The second kappa shape index (κ2) is 7.26. The Labute approximate surface area is 167 Å². The Kier molecular flexibility index (Phi) is 4.77. The van der Waals surface area contributed by atoms with E-state index in [-0.39, 0.29) is 31.3 Å². The Morgan fingerprint density at radius 2 is 2.07 bits per heavy atom. The number of aromatic nitrogens is 4. The lowest BCUT2D eigenvalue weighted by molar-refractivity contribution is -0.158. The van der Waals surface area contributed by atoms with Gasteiger partial charge in [0, 0.05) is 26.4 Å². The monoisotopic (exact) mass is 398 g/mol. The highest BCUT2D eigenvalue weighted by atomic mass is 16.5. The van der Waals surface area contributed by atoms with Crippen molar-refractivity contribution in [3.63, 3.8) is 0 Å². The molecule has 0 radical (unpaired) electrons. The van der Waals surface area contributed by atoms with Gasteiger partial charge >= 0.3 is 5.97 Å². The van der Waals surface area contributed by atoms with Gasteiger partial charge in [0.25, 0.3) is 5.91 Å². The first-order valence-electron chi connectivity index (χ1n) is 9.63. The standard InChI is InChI=1S/C19H22N6O4/c1-3-4-11-24-15(20-21-22-24)12-29-18(28)19-10-9-16(26)25(19)14-8-6-5-7-13(14)17(27)23(19)2/h5-8H,3-4,9-12H2,1-2H3/t19-/m1/s1. The fraction of sp³-hybridized carbons (Fsp3) is 0.474. The first kappa shape index (κ1) is 19.0.